The summed E-state index contributed by atoms with van der Waals surface area (Å²) in [5.41, 5.74) is 1.67. The second-order valence-corrected chi connectivity index (χ2v) is 3.82. The number of alkyl halides is 1. The number of unbranched alkanes of at least 4 members (excludes halogenated alkanes) is 1. The van der Waals surface area contributed by atoms with Gasteiger partial charge < -0.3 is 5.32 Å². The first kappa shape index (κ1) is 11.1. The zero-order valence-electron chi connectivity index (χ0n) is 8.86. The molecule has 0 saturated carbocycles. The Morgan fingerprint density at radius 3 is 2.69 bits per heavy atom. The summed E-state index contributed by atoms with van der Waals surface area (Å²) in [6, 6.07) is 7.68. The molecule has 0 atom stereocenters. The summed E-state index contributed by atoms with van der Waals surface area (Å²) in [5.74, 6) is 1.27. The normalized spacial score (nSPS) is 10.6. The lowest BCUT2D eigenvalue weighted by atomic mass is 10.3. The molecule has 0 aliphatic heterocycles. The fraction of sp³-hybridized carbons (Fsp3) is 0.364. The predicted molar refractivity (Wildman–Crippen MR) is 65.8 cm³/mol. The van der Waals surface area contributed by atoms with E-state index >= 15 is 0 Å². The molecule has 1 aromatic carbocycles. The monoisotopic (exact) mass is 236 g/mol. The maximum absolute atomic E-state index is 5.59. The molecule has 1 N–H and O–H groups in total. The largest absolute Gasteiger partial charge is 0.353 e. The molecule has 16 heavy (non-hydrogen) atoms. The van der Waals surface area contributed by atoms with Gasteiger partial charge in [0, 0.05) is 12.4 Å². The van der Waals surface area contributed by atoms with Crippen LogP contribution in [0.2, 0.25) is 0 Å². The Labute approximate surface area is 99.1 Å². The Morgan fingerprint density at radius 1 is 1.06 bits per heavy atom. The van der Waals surface area contributed by atoms with Crippen LogP contribution in [0.5, 0.6) is 0 Å². The summed E-state index contributed by atoms with van der Waals surface area (Å²) < 4.78 is 0. The van der Waals surface area contributed by atoms with Gasteiger partial charge in [-0.3, -0.25) is 0 Å². The Kier molecular flexibility index (Phi) is 3.88. The first-order chi connectivity index (χ1) is 7.90. The minimum atomic E-state index is 0.577. The number of benzene rings is 1. The second-order valence-electron chi connectivity index (χ2n) is 3.45. The lowest BCUT2D eigenvalue weighted by Crippen LogP contribution is -2.06. The highest BCUT2D eigenvalue weighted by Crippen LogP contribution is 2.08. The number of nitrogens with zero attached hydrogens (tertiary/aromatic N) is 3. The summed E-state index contributed by atoms with van der Waals surface area (Å²) in [5, 5.41) is 11.2. The number of hydrogen-bond acceptors (Lipinski definition) is 4. The first-order valence-electron chi connectivity index (χ1n) is 5.29. The van der Waals surface area contributed by atoms with Crippen LogP contribution >= 0.6 is 11.6 Å². The molecule has 2 aromatic rings. The van der Waals surface area contributed by atoms with Crippen molar-refractivity contribution in [3.63, 3.8) is 0 Å². The zero-order valence-corrected chi connectivity index (χ0v) is 9.61. The highest BCUT2D eigenvalue weighted by atomic mass is 35.5. The number of rotatable bonds is 5. The van der Waals surface area contributed by atoms with Crippen LogP contribution in [0.3, 0.4) is 0 Å². The Morgan fingerprint density at radius 2 is 1.88 bits per heavy atom. The molecule has 0 aliphatic rings. The summed E-state index contributed by atoms with van der Waals surface area (Å²) >= 11 is 5.59. The van der Waals surface area contributed by atoms with E-state index in [2.05, 4.69) is 20.5 Å². The van der Waals surface area contributed by atoms with Crippen molar-refractivity contribution in [1.29, 1.82) is 0 Å². The van der Waals surface area contributed by atoms with Gasteiger partial charge in [-0.2, -0.15) is 0 Å². The van der Waals surface area contributed by atoms with Gasteiger partial charge in [-0.05, 0) is 25.0 Å². The number of anilines is 1. The van der Waals surface area contributed by atoms with Gasteiger partial charge in [0.25, 0.3) is 0 Å². The maximum Gasteiger partial charge on any atom is 0.243 e. The van der Waals surface area contributed by atoms with E-state index in [4.69, 9.17) is 11.6 Å². The molecule has 0 fully saturated rings. The fourth-order valence-corrected chi connectivity index (χ4v) is 1.56. The molecule has 0 amide bonds. The van der Waals surface area contributed by atoms with Crippen molar-refractivity contribution in [2.24, 2.45) is 0 Å². The summed E-state index contributed by atoms with van der Waals surface area (Å²) in [6.07, 6.45) is 2.01. The summed E-state index contributed by atoms with van der Waals surface area (Å²) in [6.45, 7) is 0.826. The van der Waals surface area contributed by atoms with Crippen molar-refractivity contribution in [2.75, 3.05) is 17.7 Å². The second kappa shape index (κ2) is 5.61. The fourth-order valence-electron chi connectivity index (χ4n) is 1.38. The molecular formula is C11H13ClN4. The van der Waals surface area contributed by atoms with Crippen LogP contribution in [0.4, 0.5) is 5.95 Å². The minimum absolute atomic E-state index is 0.577. The lowest BCUT2D eigenvalue weighted by molar-refractivity contribution is 0.827. The van der Waals surface area contributed by atoms with Crippen molar-refractivity contribution in [2.45, 2.75) is 12.8 Å². The summed E-state index contributed by atoms with van der Waals surface area (Å²) in [4.78, 5) is 4.36. The third-order valence-corrected chi connectivity index (χ3v) is 2.47. The van der Waals surface area contributed by atoms with E-state index in [1.165, 1.54) is 0 Å². The number of aromatic nitrogens is 3. The van der Waals surface area contributed by atoms with Crippen LogP contribution in [0.15, 0.2) is 24.3 Å². The van der Waals surface area contributed by atoms with Crippen molar-refractivity contribution in [1.82, 2.24) is 15.2 Å². The number of halogens is 1. The van der Waals surface area contributed by atoms with Gasteiger partial charge in [0.2, 0.25) is 5.95 Å². The van der Waals surface area contributed by atoms with Crippen LogP contribution in [-0.2, 0) is 0 Å². The van der Waals surface area contributed by atoms with E-state index in [-0.39, 0.29) is 0 Å². The van der Waals surface area contributed by atoms with Crippen LogP contribution in [0, 0.1) is 0 Å². The van der Waals surface area contributed by atoms with Gasteiger partial charge >= 0.3 is 0 Å². The van der Waals surface area contributed by atoms with Crippen molar-refractivity contribution in [3.8, 4) is 0 Å². The molecule has 0 unspecified atom stereocenters. The molecule has 5 heteroatoms. The Balaban J connectivity index is 2.02. The number of fused-ring (bicyclic) bond motifs is 1. The molecule has 0 spiro atoms. The van der Waals surface area contributed by atoms with Crippen molar-refractivity contribution < 1.29 is 0 Å². The molecule has 1 heterocycles. The highest BCUT2D eigenvalue weighted by molar-refractivity contribution is 6.17. The minimum Gasteiger partial charge on any atom is -0.353 e. The average Bonchev–Trinajstić information content (AvgIpc) is 2.34. The standard InChI is InChI=1S/C11H13ClN4/c12-7-3-4-8-13-11-14-9-5-1-2-6-10(9)15-16-11/h1-2,5-6H,3-4,7-8H2,(H,13,14,16). The van der Waals surface area contributed by atoms with Gasteiger partial charge in [0.15, 0.2) is 0 Å². The van der Waals surface area contributed by atoms with Gasteiger partial charge in [-0.1, -0.05) is 12.1 Å². The van der Waals surface area contributed by atoms with Crippen LogP contribution in [-0.4, -0.2) is 27.6 Å². The topological polar surface area (TPSA) is 50.7 Å². The SMILES string of the molecule is ClCCCCNc1nnc2ccccc2n1. The van der Waals surface area contributed by atoms with Gasteiger partial charge in [0.1, 0.15) is 5.52 Å². The molecule has 1 aromatic heterocycles. The zero-order chi connectivity index (χ0) is 11.2. The van der Waals surface area contributed by atoms with E-state index in [0.29, 0.717) is 11.8 Å². The Bertz CT molecular complexity index is 460. The maximum atomic E-state index is 5.59. The van der Waals surface area contributed by atoms with E-state index in [1.54, 1.807) is 0 Å². The van der Waals surface area contributed by atoms with Gasteiger partial charge in [-0.15, -0.1) is 21.8 Å². The highest BCUT2D eigenvalue weighted by Gasteiger charge is 1.99. The smallest absolute Gasteiger partial charge is 0.243 e. The molecule has 4 nitrogen and oxygen atoms in total. The van der Waals surface area contributed by atoms with E-state index in [9.17, 15) is 0 Å². The molecule has 84 valence electrons. The average molecular weight is 237 g/mol. The van der Waals surface area contributed by atoms with Crippen molar-refractivity contribution in [3.05, 3.63) is 24.3 Å². The third kappa shape index (κ3) is 2.79. The predicted octanol–water partition coefficient (Wildman–Crippen LogP) is 2.46. The quantitative estimate of drug-likeness (QED) is 0.640. The molecule has 0 radical (unpaired) electrons. The van der Waals surface area contributed by atoms with E-state index in [0.717, 1.165) is 30.4 Å². The molecule has 2 rings (SSSR count). The number of hydrogen-bond donors (Lipinski definition) is 1. The molecule has 0 saturated heterocycles. The van der Waals surface area contributed by atoms with Crippen LogP contribution in [0.25, 0.3) is 11.0 Å². The molecule has 0 aliphatic carbocycles. The first-order valence-corrected chi connectivity index (χ1v) is 5.83. The van der Waals surface area contributed by atoms with Gasteiger partial charge in [-0.25, -0.2) is 4.98 Å². The van der Waals surface area contributed by atoms with Gasteiger partial charge in [0.05, 0.1) is 5.52 Å². The number of para-hydroxylation sites is 1. The van der Waals surface area contributed by atoms with Crippen LogP contribution < -0.4 is 5.32 Å². The molecule has 0 bridgehead atoms. The van der Waals surface area contributed by atoms with E-state index < -0.39 is 0 Å². The number of nitrogens with one attached hydrogen (secondary N) is 1. The Hall–Kier alpha value is -1.42. The molecular weight excluding hydrogens is 224 g/mol. The van der Waals surface area contributed by atoms with E-state index in [1.807, 2.05) is 24.3 Å². The summed E-state index contributed by atoms with van der Waals surface area (Å²) in [7, 11) is 0. The lowest BCUT2D eigenvalue weighted by Gasteiger charge is -2.03. The third-order valence-electron chi connectivity index (χ3n) is 2.20. The van der Waals surface area contributed by atoms with Crippen molar-refractivity contribution >= 4 is 28.6 Å². The van der Waals surface area contributed by atoms with Crippen LogP contribution in [0.1, 0.15) is 12.8 Å².